The molecule has 3 nitrogen and oxygen atoms in total. The van der Waals surface area contributed by atoms with Gasteiger partial charge in [0.2, 0.25) is 0 Å². The molecule has 0 spiro atoms. The maximum absolute atomic E-state index is 12.0. The first-order chi connectivity index (χ1) is 10.7. The van der Waals surface area contributed by atoms with Crippen molar-refractivity contribution in [3.63, 3.8) is 0 Å². The zero-order chi connectivity index (χ0) is 15.8. The monoisotopic (exact) mass is 336 g/mol. The molecule has 0 aliphatic carbocycles. The first-order valence-electron chi connectivity index (χ1n) is 7.17. The third kappa shape index (κ3) is 4.97. The van der Waals surface area contributed by atoms with Gasteiger partial charge in [0, 0.05) is 10.4 Å². The van der Waals surface area contributed by atoms with Crippen molar-refractivity contribution in [3.05, 3.63) is 57.8 Å². The zero-order valence-corrected chi connectivity index (χ0v) is 13.7. The lowest BCUT2D eigenvalue weighted by Crippen LogP contribution is -2.10. The van der Waals surface area contributed by atoms with Gasteiger partial charge in [0.15, 0.2) is 0 Å². The number of hydrogen-bond donors (Lipinski definition) is 0. The molecule has 0 bridgehead atoms. The molecule has 22 heavy (non-hydrogen) atoms. The molecule has 0 saturated heterocycles. The SMILES string of the molecule is O=C(Cl)c1ccccc1C(=O)OCCCCCc1cccs1. The van der Waals surface area contributed by atoms with E-state index in [-0.39, 0.29) is 11.1 Å². The first-order valence-corrected chi connectivity index (χ1v) is 8.42. The van der Waals surface area contributed by atoms with Crippen LogP contribution in [0.3, 0.4) is 0 Å². The Labute approximate surface area is 138 Å². The maximum atomic E-state index is 12.0. The molecular formula is C17H17ClO3S. The van der Waals surface area contributed by atoms with Gasteiger partial charge in [-0.05, 0) is 60.9 Å². The highest BCUT2D eigenvalue weighted by Crippen LogP contribution is 2.14. The molecular weight excluding hydrogens is 320 g/mol. The van der Waals surface area contributed by atoms with E-state index >= 15 is 0 Å². The number of carbonyl (C=O) groups excluding carboxylic acids is 2. The van der Waals surface area contributed by atoms with Gasteiger partial charge in [-0.1, -0.05) is 18.2 Å². The molecule has 0 aliphatic heterocycles. The smallest absolute Gasteiger partial charge is 0.338 e. The minimum atomic E-state index is -0.650. The molecule has 1 aromatic heterocycles. The van der Waals surface area contributed by atoms with Crippen molar-refractivity contribution in [1.29, 1.82) is 0 Å². The number of rotatable bonds is 8. The van der Waals surface area contributed by atoms with E-state index in [0.717, 1.165) is 25.7 Å². The molecule has 2 aromatic rings. The zero-order valence-electron chi connectivity index (χ0n) is 12.1. The van der Waals surface area contributed by atoms with Gasteiger partial charge in [-0.15, -0.1) is 11.3 Å². The van der Waals surface area contributed by atoms with E-state index in [2.05, 4.69) is 17.5 Å². The lowest BCUT2D eigenvalue weighted by molar-refractivity contribution is 0.0495. The van der Waals surface area contributed by atoms with Gasteiger partial charge >= 0.3 is 5.97 Å². The van der Waals surface area contributed by atoms with Gasteiger partial charge in [-0.2, -0.15) is 0 Å². The second kappa shape index (κ2) is 8.71. The van der Waals surface area contributed by atoms with E-state index in [1.165, 1.54) is 10.9 Å². The Morgan fingerprint density at radius 1 is 1.00 bits per heavy atom. The summed E-state index contributed by atoms with van der Waals surface area (Å²) in [5.74, 6) is -0.497. The highest BCUT2D eigenvalue weighted by atomic mass is 35.5. The van der Waals surface area contributed by atoms with E-state index in [0.29, 0.717) is 6.61 Å². The van der Waals surface area contributed by atoms with Crippen molar-refractivity contribution in [2.45, 2.75) is 25.7 Å². The summed E-state index contributed by atoms with van der Waals surface area (Å²) < 4.78 is 5.21. The standard InChI is InChI=1S/C17H17ClO3S/c18-16(19)14-9-3-4-10-15(14)17(20)21-11-5-1-2-7-13-8-6-12-22-13/h3-4,6,8-10,12H,1-2,5,7,11H2. The van der Waals surface area contributed by atoms with E-state index in [1.54, 1.807) is 29.5 Å². The normalized spacial score (nSPS) is 10.4. The van der Waals surface area contributed by atoms with Crippen molar-refractivity contribution < 1.29 is 14.3 Å². The quantitative estimate of drug-likeness (QED) is 0.399. The third-order valence-corrected chi connectivity index (χ3v) is 4.38. The molecule has 0 amide bonds. The number of thiophene rings is 1. The lowest BCUT2D eigenvalue weighted by Gasteiger charge is -2.07. The number of hydrogen-bond acceptors (Lipinski definition) is 4. The number of ether oxygens (including phenoxy) is 1. The van der Waals surface area contributed by atoms with Crippen LogP contribution in [0.15, 0.2) is 41.8 Å². The molecule has 5 heteroatoms. The minimum absolute atomic E-state index is 0.187. The summed E-state index contributed by atoms with van der Waals surface area (Å²) in [6.07, 6.45) is 3.96. The Kier molecular flexibility index (Phi) is 6.62. The van der Waals surface area contributed by atoms with Gasteiger partial charge in [-0.25, -0.2) is 4.79 Å². The summed E-state index contributed by atoms with van der Waals surface area (Å²) in [5.41, 5.74) is 0.410. The van der Waals surface area contributed by atoms with E-state index in [4.69, 9.17) is 16.3 Å². The van der Waals surface area contributed by atoms with Crippen molar-refractivity contribution >= 4 is 34.1 Å². The Balaban J connectivity index is 1.71. The average Bonchev–Trinajstić information content (AvgIpc) is 3.03. The van der Waals surface area contributed by atoms with E-state index in [9.17, 15) is 9.59 Å². The maximum Gasteiger partial charge on any atom is 0.338 e. The van der Waals surface area contributed by atoms with Crippen LogP contribution in [0.5, 0.6) is 0 Å². The Bertz CT molecular complexity index is 623. The Hall–Kier alpha value is -1.65. The highest BCUT2D eigenvalue weighted by Gasteiger charge is 2.15. The third-order valence-electron chi connectivity index (χ3n) is 3.24. The number of carbonyl (C=O) groups is 2. The molecule has 0 aliphatic rings. The number of unbranched alkanes of at least 4 members (excludes halogenated alkanes) is 2. The van der Waals surface area contributed by atoms with Gasteiger partial charge < -0.3 is 4.74 Å². The van der Waals surface area contributed by atoms with Crippen LogP contribution in [0.4, 0.5) is 0 Å². The van der Waals surface area contributed by atoms with Crippen LogP contribution in [-0.2, 0) is 11.2 Å². The molecule has 0 saturated carbocycles. The average molecular weight is 337 g/mol. The van der Waals surface area contributed by atoms with Crippen LogP contribution in [-0.4, -0.2) is 17.8 Å². The van der Waals surface area contributed by atoms with Crippen molar-refractivity contribution in [1.82, 2.24) is 0 Å². The molecule has 0 radical (unpaired) electrons. The molecule has 1 heterocycles. The fourth-order valence-corrected chi connectivity index (χ4v) is 3.02. The molecule has 2 rings (SSSR count). The predicted octanol–water partition coefficient (Wildman–Crippen LogP) is 4.70. The number of benzene rings is 1. The molecule has 116 valence electrons. The summed E-state index contributed by atoms with van der Waals surface area (Å²) in [6.45, 7) is 0.355. The fraction of sp³-hybridized carbons (Fsp3) is 0.294. The molecule has 0 N–H and O–H groups in total. The lowest BCUT2D eigenvalue weighted by atomic mass is 10.1. The van der Waals surface area contributed by atoms with E-state index < -0.39 is 11.2 Å². The van der Waals surface area contributed by atoms with Gasteiger partial charge in [0.25, 0.3) is 5.24 Å². The van der Waals surface area contributed by atoms with Crippen molar-refractivity contribution in [2.75, 3.05) is 6.61 Å². The van der Waals surface area contributed by atoms with Crippen LogP contribution in [0.2, 0.25) is 0 Å². The molecule has 1 aromatic carbocycles. The topological polar surface area (TPSA) is 43.4 Å². The molecule has 0 unspecified atom stereocenters. The van der Waals surface area contributed by atoms with E-state index in [1.807, 2.05) is 0 Å². The number of esters is 1. The summed E-state index contributed by atoms with van der Waals surface area (Å²) >= 11 is 7.22. The number of aryl methyl sites for hydroxylation is 1. The van der Waals surface area contributed by atoms with Crippen LogP contribution in [0.25, 0.3) is 0 Å². The summed E-state index contributed by atoms with van der Waals surface area (Å²) in [6, 6.07) is 10.6. The summed E-state index contributed by atoms with van der Waals surface area (Å²) in [7, 11) is 0. The van der Waals surface area contributed by atoms with Crippen LogP contribution < -0.4 is 0 Å². The number of halogens is 1. The van der Waals surface area contributed by atoms with Crippen molar-refractivity contribution in [3.8, 4) is 0 Å². The largest absolute Gasteiger partial charge is 0.462 e. The van der Waals surface area contributed by atoms with Crippen LogP contribution in [0.1, 0.15) is 44.9 Å². The highest BCUT2D eigenvalue weighted by molar-refractivity contribution is 7.09. The second-order valence-electron chi connectivity index (χ2n) is 4.85. The van der Waals surface area contributed by atoms with Crippen LogP contribution in [0, 0.1) is 0 Å². The summed E-state index contributed by atoms with van der Waals surface area (Å²) in [5, 5.41) is 1.43. The minimum Gasteiger partial charge on any atom is -0.462 e. The predicted molar refractivity (Wildman–Crippen MR) is 88.8 cm³/mol. The Morgan fingerprint density at radius 2 is 1.77 bits per heavy atom. The van der Waals surface area contributed by atoms with Crippen LogP contribution >= 0.6 is 22.9 Å². The van der Waals surface area contributed by atoms with Gasteiger partial charge in [-0.3, -0.25) is 4.79 Å². The fourth-order valence-electron chi connectivity index (χ4n) is 2.11. The Morgan fingerprint density at radius 3 is 2.45 bits per heavy atom. The molecule has 0 fully saturated rings. The van der Waals surface area contributed by atoms with Crippen molar-refractivity contribution in [2.24, 2.45) is 0 Å². The van der Waals surface area contributed by atoms with Gasteiger partial charge in [0.1, 0.15) is 0 Å². The van der Waals surface area contributed by atoms with Gasteiger partial charge in [0.05, 0.1) is 12.2 Å². The molecule has 0 atom stereocenters. The first kappa shape index (κ1) is 16.7. The second-order valence-corrected chi connectivity index (χ2v) is 6.22. The summed E-state index contributed by atoms with van der Waals surface area (Å²) in [4.78, 5) is 24.6.